The highest BCUT2D eigenvalue weighted by molar-refractivity contribution is 9.10. The molecule has 1 aromatic carbocycles. The molecule has 0 amide bonds. The normalized spacial score (nSPS) is 12.7. The minimum atomic E-state index is -0.191. The van der Waals surface area contributed by atoms with E-state index >= 15 is 0 Å². The molecule has 0 saturated carbocycles. The van der Waals surface area contributed by atoms with Gasteiger partial charge in [0.25, 0.3) is 0 Å². The molecule has 1 rings (SSSR count). The van der Waals surface area contributed by atoms with Crippen LogP contribution in [-0.4, -0.2) is 24.1 Å². The van der Waals surface area contributed by atoms with E-state index in [-0.39, 0.29) is 5.82 Å². The molecule has 1 unspecified atom stereocenters. The molecule has 0 aliphatic rings. The number of hydrogen-bond acceptors (Lipinski definition) is 2. The molecule has 0 radical (unpaired) electrons. The Bertz CT molecular complexity index is 346. The first kappa shape index (κ1) is 15.0. The van der Waals surface area contributed by atoms with E-state index in [9.17, 15) is 4.39 Å². The number of halogens is 2. The number of nitrogens with one attached hydrogen (secondary N) is 1. The van der Waals surface area contributed by atoms with Gasteiger partial charge in [0.15, 0.2) is 0 Å². The SMILES string of the molecule is CCNC(CSCC)Cc1ccc(F)cc1Br. The van der Waals surface area contributed by atoms with Gasteiger partial charge in [-0.25, -0.2) is 4.39 Å². The van der Waals surface area contributed by atoms with E-state index < -0.39 is 0 Å². The van der Waals surface area contributed by atoms with Crippen molar-refractivity contribution in [2.24, 2.45) is 0 Å². The third-order valence-electron chi connectivity index (χ3n) is 2.50. The fourth-order valence-electron chi connectivity index (χ4n) is 1.69. The van der Waals surface area contributed by atoms with Crippen LogP contribution in [0.4, 0.5) is 4.39 Å². The van der Waals surface area contributed by atoms with E-state index in [1.807, 2.05) is 17.8 Å². The molecule has 0 fully saturated rings. The maximum atomic E-state index is 13.0. The van der Waals surface area contributed by atoms with Gasteiger partial charge < -0.3 is 5.32 Å². The zero-order chi connectivity index (χ0) is 12.7. The summed E-state index contributed by atoms with van der Waals surface area (Å²) < 4.78 is 13.8. The molecule has 1 nitrogen and oxygen atoms in total. The smallest absolute Gasteiger partial charge is 0.124 e. The molecule has 0 spiro atoms. The van der Waals surface area contributed by atoms with Gasteiger partial charge in [-0.05, 0) is 36.4 Å². The Morgan fingerprint density at radius 1 is 1.41 bits per heavy atom. The Labute approximate surface area is 116 Å². The Morgan fingerprint density at radius 2 is 2.18 bits per heavy atom. The first-order valence-electron chi connectivity index (χ1n) is 5.92. The van der Waals surface area contributed by atoms with Crippen molar-refractivity contribution >= 4 is 27.7 Å². The lowest BCUT2D eigenvalue weighted by molar-refractivity contribution is 0.570. The minimum absolute atomic E-state index is 0.191. The van der Waals surface area contributed by atoms with Gasteiger partial charge >= 0.3 is 0 Å². The summed E-state index contributed by atoms with van der Waals surface area (Å²) in [6, 6.07) is 5.37. The van der Waals surface area contributed by atoms with E-state index in [2.05, 4.69) is 35.1 Å². The molecule has 1 N–H and O–H groups in total. The van der Waals surface area contributed by atoms with Crippen LogP contribution in [0.25, 0.3) is 0 Å². The molecular weight excluding hydrogens is 301 g/mol. The van der Waals surface area contributed by atoms with Crippen LogP contribution in [0, 0.1) is 5.82 Å². The van der Waals surface area contributed by atoms with Crippen LogP contribution in [0.15, 0.2) is 22.7 Å². The Kier molecular flexibility index (Phi) is 7.16. The monoisotopic (exact) mass is 319 g/mol. The third kappa shape index (κ3) is 5.40. The highest BCUT2D eigenvalue weighted by Gasteiger charge is 2.10. The fraction of sp³-hybridized carbons (Fsp3) is 0.538. The van der Waals surface area contributed by atoms with Crippen molar-refractivity contribution in [3.8, 4) is 0 Å². The topological polar surface area (TPSA) is 12.0 Å². The highest BCUT2D eigenvalue weighted by Crippen LogP contribution is 2.20. The molecule has 1 atom stereocenters. The summed E-state index contributed by atoms with van der Waals surface area (Å²) in [6.07, 6.45) is 0.932. The fourth-order valence-corrected chi connectivity index (χ4v) is 2.96. The van der Waals surface area contributed by atoms with Crippen LogP contribution in [0.2, 0.25) is 0 Å². The lowest BCUT2D eigenvalue weighted by Crippen LogP contribution is -2.33. The van der Waals surface area contributed by atoms with Crippen LogP contribution in [-0.2, 0) is 6.42 Å². The summed E-state index contributed by atoms with van der Waals surface area (Å²) in [5.41, 5.74) is 1.16. The van der Waals surface area contributed by atoms with Crippen LogP contribution < -0.4 is 5.32 Å². The van der Waals surface area contributed by atoms with Crippen LogP contribution in [0.5, 0.6) is 0 Å². The minimum Gasteiger partial charge on any atom is -0.313 e. The molecule has 1 aromatic rings. The van der Waals surface area contributed by atoms with Crippen LogP contribution in [0.1, 0.15) is 19.4 Å². The molecular formula is C13H19BrFNS. The standard InChI is InChI=1S/C13H19BrFNS/c1-3-16-12(9-17-4-2)7-10-5-6-11(15)8-13(10)14/h5-6,8,12,16H,3-4,7,9H2,1-2H3. The predicted octanol–water partition coefficient (Wildman–Crippen LogP) is 3.86. The van der Waals surface area contributed by atoms with Gasteiger partial charge in [-0.2, -0.15) is 11.8 Å². The number of benzene rings is 1. The number of likely N-dealkylation sites (N-methyl/N-ethyl adjacent to an activating group) is 1. The van der Waals surface area contributed by atoms with E-state index in [4.69, 9.17) is 0 Å². The van der Waals surface area contributed by atoms with Crippen molar-refractivity contribution in [2.45, 2.75) is 26.3 Å². The molecule has 17 heavy (non-hydrogen) atoms. The highest BCUT2D eigenvalue weighted by atomic mass is 79.9. The van der Waals surface area contributed by atoms with Gasteiger partial charge in [0.05, 0.1) is 0 Å². The van der Waals surface area contributed by atoms with Crippen LogP contribution in [0.3, 0.4) is 0 Å². The maximum Gasteiger partial charge on any atom is 0.124 e. The van der Waals surface area contributed by atoms with Gasteiger partial charge in [-0.1, -0.05) is 35.8 Å². The van der Waals surface area contributed by atoms with E-state index in [1.54, 1.807) is 0 Å². The average Bonchev–Trinajstić information content (AvgIpc) is 2.29. The summed E-state index contributed by atoms with van der Waals surface area (Å²) in [5, 5.41) is 3.47. The summed E-state index contributed by atoms with van der Waals surface area (Å²) in [4.78, 5) is 0. The molecule has 0 saturated heterocycles. The zero-order valence-electron chi connectivity index (χ0n) is 10.3. The van der Waals surface area contributed by atoms with Crippen molar-refractivity contribution in [3.05, 3.63) is 34.1 Å². The lowest BCUT2D eigenvalue weighted by atomic mass is 10.1. The quantitative estimate of drug-likeness (QED) is 0.819. The van der Waals surface area contributed by atoms with Gasteiger partial charge in [-0.3, -0.25) is 0 Å². The van der Waals surface area contributed by atoms with Crippen molar-refractivity contribution in [1.82, 2.24) is 5.32 Å². The summed E-state index contributed by atoms with van der Waals surface area (Å²) >= 11 is 5.35. The molecule has 0 aromatic heterocycles. The van der Waals surface area contributed by atoms with Gasteiger partial charge in [0, 0.05) is 16.3 Å². The largest absolute Gasteiger partial charge is 0.313 e. The van der Waals surface area contributed by atoms with Gasteiger partial charge in [0.2, 0.25) is 0 Å². The molecule has 0 aliphatic heterocycles. The summed E-state index contributed by atoms with van der Waals surface area (Å²) in [5.74, 6) is 2.03. The molecule has 96 valence electrons. The first-order valence-corrected chi connectivity index (χ1v) is 7.87. The summed E-state index contributed by atoms with van der Waals surface area (Å²) in [6.45, 7) is 5.25. The van der Waals surface area contributed by atoms with Crippen molar-refractivity contribution in [1.29, 1.82) is 0 Å². The van der Waals surface area contributed by atoms with E-state index in [0.29, 0.717) is 6.04 Å². The van der Waals surface area contributed by atoms with Crippen molar-refractivity contribution < 1.29 is 4.39 Å². The number of thioether (sulfide) groups is 1. The Morgan fingerprint density at radius 3 is 2.76 bits per heavy atom. The van der Waals surface area contributed by atoms with Gasteiger partial charge in [-0.15, -0.1) is 0 Å². The second-order valence-corrected chi connectivity index (χ2v) is 6.03. The average molecular weight is 320 g/mol. The number of hydrogen-bond donors (Lipinski definition) is 1. The molecule has 0 aliphatic carbocycles. The Hall–Kier alpha value is -0.0600. The third-order valence-corrected chi connectivity index (χ3v) is 4.28. The van der Waals surface area contributed by atoms with Crippen molar-refractivity contribution in [3.63, 3.8) is 0 Å². The lowest BCUT2D eigenvalue weighted by Gasteiger charge is -2.18. The van der Waals surface area contributed by atoms with E-state index in [0.717, 1.165) is 34.5 Å². The number of rotatable bonds is 7. The zero-order valence-corrected chi connectivity index (χ0v) is 12.7. The van der Waals surface area contributed by atoms with Crippen LogP contribution >= 0.6 is 27.7 Å². The van der Waals surface area contributed by atoms with Crippen molar-refractivity contribution in [2.75, 3.05) is 18.1 Å². The first-order chi connectivity index (χ1) is 8.17. The van der Waals surface area contributed by atoms with E-state index in [1.165, 1.54) is 12.1 Å². The molecule has 0 heterocycles. The second-order valence-electron chi connectivity index (χ2n) is 3.85. The molecule has 0 bridgehead atoms. The maximum absolute atomic E-state index is 13.0. The second kappa shape index (κ2) is 8.11. The summed E-state index contributed by atoms with van der Waals surface area (Å²) in [7, 11) is 0. The predicted molar refractivity (Wildman–Crippen MR) is 78.3 cm³/mol. The Balaban J connectivity index is 2.64. The van der Waals surface area contributed by atoms with Gasteiger partial charge in [0.1, 0.15) is 5.82 Å². The molecule has 4 heteroatoms.